The highest BCUT2D eigenvalue weighted by atomic mass is 16.6. The van der Waals surface area contributed by atoms with Crippen LogP contribution in [0.25, 0.3) is 0 Å². The summed E-state index contributed by atoms with van der Waals surface area (Å²) in [4.78, 5) is 22.3. The summed E-state index contributed by atoms with van der Waals surface area (Å²) in [6, 6.07) is -0.232. The third-order valence-corrected chi connectivity index (χ3v) is 3.88. The third-order valence-electron chi connectivity index (χ3n) is 3.88. The van der Waals surface area contributed by atoms with Crippen LogP contribution in [0, 0.1) is 0 Å². The van der Waals surface area contributed by atoms with E-state index in [2.05, 4.69) is 10.6 Å². The van der Waals surface area contributed by atoms with Gasteiger partial charge in [0, 0.05) is 0 Å². The van der Waals surface area contributed by atoms with E-state index >= 15 is 0 Å². The highest BCUT2D eigenvalue weighted by Gasteiger charge is 2.32. The van der Waals surface area contributed by atoms with E-state index in [0.717, 1.165) is 25.7 Å². The Bertz CT molecular complexity index is 439. The minimum atomic E-state index is -0.473. The number of carbonyl (C=O) groups is 2. The number of hydrogen-bond acceptors (Lipinski definition) is 6. The number of aliphatic hydroxyl groups is 2. The van der Waals surface area contributed by atoms with E-state index < -0.39 is 35.6 Å². The van der Waals surface area contributed by atoms with Crippen molar-refractivity contribution in [1.82, 2.24) is 10.6 Å². The molecule has 0 saturated heterocycles. The zero-order valence-electron chi connectivity index (χ0n) is 16.7. The van der Waals surface area contributed by atoms with Crippen LogP contribution in [0.15, 0.2) is 0 Å². The normalized spacial score (nSPS) is 27.7. The lowest BCUT2D eigenvalue weighted by molar-refractivity contribution is 0.0206. The van der Waals surface area contributed by atoms with Crippen molar-refractivity contribution >= 4 is 12.2 Å². The second-order valence-electron chi connectivity index (χ2n) is 8.79. The van der Waals surface area contributed by atoms with E-state index in [1.54, 1.807) is 0 Å². The molecule has 0 heterocycles. The molecule has 0 aliphatic heterocycles. The van der Waals surface area contributed by atoms with Gasteiger partial charge in [-0.25, -0.2) is 9.59 Å². The number of nitrogens with one attached hydrogen (secondary N) is 2. The number of rotatable bonds is 2. The SMILES string of the molecule is CC(C)(C)OC(=O)N[C@@H]1CC[C@@H]1O.CC(C)(C)OC(=O)N[C@H]1CC[C@H]1O. The molecule has 8 nitrogen and oxygen atoms in total. The van der Waals surface area contributed by atoms with Crippen LogP contribution in [0.2, 0.25) is 0 Å². The standard InChI is InChI=1S/2C9H17NO3/c2*1-9(2,3)13-8(12)10-6-4-5-7(6)11/h2*6-7,11H,4-5H2,1-3H3,(H,10,12)/t2*6-,7+/m10/s1. The highest BCUT2D eigenvalue weighted by molar-refractivity contribution is 5.68. The van der Waals surface area contributed by atoms with Crippen LogP contribution in [0.4, 0.5) is 9.59 Å². The first-order valence-electron chi connectivity index (χ1n) is 9.12. The average molecular weight is 374 g/mol. The molecule has 26 heavy (non-hydrogen) atoms. The Morgan fingerprint density at radius 3 is 1.19 bits per heavy atom. The van der Waals surface area contributed by atoms with E-state index in [4.69, 9.17) is 9.47 Å². The van der Waals surface area contributed by atoms with Crippen molar-refractivity contribution in [1.29, 1.82) is 0 Å². The molecule has 0 radical (unpaired) electrons. The highest BCUT2D eigenvalue weighted by Crippen LogP contribution is 2.20. The Labute approximate surface area is 155 Å². The zero-order chi connectivity index (χ0) is 20.1. The fourth-order valence-corrected chi connectivity index (χ4v) is 2.22. The fourth-order valence-electron chi connectivity index (χ4n) is 2.22. The van der Waals surface area contributed by atoms with Gasteiger partial charge in [-0.3, -0.25) is 0 Å². The van der Waals surface area contributed by atoms with Crippen LogP contribution >= 0.6 is 0 Å². The lowest BCUT2D eigenvalue weighted by atomic mass is 9.89. The first-order chi connectivity index (χ1) is 11.8. The summed E-state index contributed by atoms with van der Waals surface area (Å²) in [5.74, 6) is 0. The van der Waals surface area contributed by atoms with Gasteiger partial charge >= 0.3 is 12.2 Å². The molecule has 2 aliphatic carbocycles. The van der Waals surface area contributed by atoms with Gasteiger partial charge in [-0.1, -0.05) is 0 Å². The van der Waals surface area contributed by atoms with Gasteiger partial charge in [-0.15, -0.1) is 0 Å². The van der Waals surface area contributed by atoms with Gasteiger partial charge in [0.15, 0.2) is 0 Å². The van der Waals surface area contributed by atoms with Crippen LogP contribution in [-0.4, -0.2) is 57.9 Å². The summed E-state index contributed by atoms with van der Waals surface area (Å²) < 4.78 is 10.1. The van der Waals surface area contributed by atoms with Crippen molar-refractivity contribution in [2.24, 2.45) is 0 Å². The second kappa shape index (κ2) is 8.90. The van der Waals surface area contributed by atoms with E-state index in [0.29, 0.717) is 0 Å². The number of carbonyl (C=O) groups excluding carboxylic acids is 2. The molecule has 0 unspecified atom stereocenters. The summed E-state index contributed by atoms with van der Waals surface area (Å²) >= 11 is 0. The molecule has 2 aliphatic rings. The lowest BCUT2D eigenvalue weighted by Gasteiger charge is -2.33. The molecule has 0 bridgehead atoms. The molecule has 0 aromatic heterocycles. The maximum absolute atomic E-state index is 11.2. The van der Waals surface area contributed by atoms with Crippen molar-refractivity contribution in [3.8, 4) is 0 Å². The van der Waals surface area contributed by atoms with E-state index in [1.807, 2.05) is 41.5 Å². The maximum Gasteiger partial charge on any atom is 0.407 e. The number of ether oxygens (including phenoxy) is 2. The average Bonchev–Trinajstić information content (AvgIpc) is 2.44. The number of alkyl carbamates (subject to hydrolysis) is 2. The molecule has 152 valence electrons. The van der Waals surface area contributed by atoms with Crippen molar-refractivity contribution in [3.05, 3.63) is 0 Å². The minimum absolute atomic E-state index is 0.116. The number of aliphatic hydroxyl groups excluding tert-OH is 2. The first-order valence-corrected chi connectivity index (χ1v) is 9.12. The molecule has 2 fully saturated rings. The zero-order valence-corrected chi connectivity index (χ0v) is 16.7. The molecule has 8 heteroatoms. The molecular formula is C18H34N2O6. The van der Waals surface area contributed by atoms with Crippen LogP contribution in [0.5, 0.6) is 0 Å². The Balaban J connectivity index is 0.000000260. The molecule has 4 N–H and O–H groups in total. The van der Waals surface area contributed by atoms with Crippen molar-refractivity contribution < 1.29 is 29.3 Å². The van der Waals surface area contributed by atoms with Gasteiger partial charge in [0.2, 0.25) is 0 Å². The number of amides is 2. The molecule has 2 saturated carbocycles. The van der Waals surface area contributed by atoms with E-state index in [-0.39, 0.29) is 12.1 Å². The van der Waals surface area contributed by atoms with E-state index in [1.165, 1.54) is 0 Å². The van der Waals surface area contributed by atoms with Gasteiger partial charge in [0.05, 0.1) is 24.3 Å². The quantitative estimate of drug-likeness (QED) is 0.588. The van der Waals surface area contributed by atoms with Gasteiger partial charge in [-0.05, 0) is 67.2 Å². The summed E-state index contributed by atoms with van der Waals surface area (Å²) in [6.45, 7) is 10.9. The Kier molecular flexibility index (Phi) is 7.70. The van der Waals surface area contributed by atoms with E-state index in [9.17, 15) is 19.8 Å². The molecule has 2 rings (SSSR count). The van der Waals surface area contributed by atoms with Gasteiger partial charge in [-0.2, -0.15) is 0 Å². The lowest BCUT2D eigenvalue weighted by Crippen LogP contribution is -2.51. The van der Waals surface area contributed by atoms with Crippen molar-refractivity contribution in [2.45, 2.75) is 103 Å². The molecule has 4 atom stereocenters. The van der Waals surface area contributed by atoms with Crippen LogP contribution in [0.1, 0.15) is 67.2 Å². The predicted molar refractivity (Wildman–Crippen MR) is 96.8 cm³/mol. The molecule has 0 spiro atoms. The number of hydrogen-bond donors (Lipinski definition) is 4. The smallest absolute Gasteiger partial charge is 0.407 e. The molecule has 0 aromatic rings. The monoisotopic (exact) mass is 374 g/mol. The Hall–Kier alpha value is -1.54. The maximum atomic E-state index is 11.2. The Morgan fingerprint density at radius 1 is 0.731 bits per heavy atom. The molecule has 0 aromatic carbocycles. The van der Waals surface area contributed by atoms with Gasteiger partial charge in [0.1, 0.15) is 11.2 Å². The predicted octanol–water partition coefficient (Wildman–Crippen LogP) is 2.07. The topological polar surface area (TPSA) is 117 Å². The summed E-state index contributed by atoms with van der Waals surface area (Å²) in [5.41, 5.74) is -0.947. The minimum Gasteiger partial charge on any atom is -0.444 e. The Morgan fingerprint density at radius 2 is 1.04 bits per heavy atom. The van der Waals surface area contributed by atoms with Crippen LogP contribution in [-0.2, 0) is 9.47 Å². The first kappa shape index (κ1) is 22.5. The summed E-state index contributed by atoms with van der Waals surface area (Å²) in [6.07, 6.45) is 1.51. The molecular weight excluding hydrogens is 340 g/mol. The fraction of sp³-hybridized carbons (Fsp3) is 0.889. The summed E-state index contributed by atoms with van der Waals surface area (Å²) in [7, 11) is 0. The van der Waals surface area contributed by atoms with Gasteiger partial charge < -0.3 is 30.3 Å². The van der Waals surface area contributed by atoms with Crippen LogP contribution in [0.3, 0.4) is 0 Å². The van der Waals surface area contributed by atoms with Crippen molar-refractivity contribution in [3.63, 3.8) is 0 Å². The third kappa shape index (κ3) is 8.71. The summed E-state index contributed by atoms with van der Waals surface area (Å²) in [5, 5.41) is 23.6. The van der Waals surface area contributed by atoms with Crippen LogP contribution < -0.4 is 10.6 Å². The van der Waals surface area contributed by atoms with Gasteiger partial charge in [0.25, 0.3) is 0 Å². The molecule has 2 amide bonds. The second-order valence-corrected chi connectivity index (χ2v) is 8.79. The van der Waals surface area contributed by atoms with Crippen molar-refractivity contribution in [2.75, 3.05) is 0 Å². The largest absolute Gasteiger partial charge is 0.444 e.